The number of carbonyl (C=O) groups is 1. The van der Waals surface area contributed by atoms with Crippen LogP contribution in [0.15, 0.2) is 42.5 Å². The van der Waals surface area contributed by atoms with Gasteiger partial charge >= 0.3 is 5.97 Å². The third-order valence-electron chi connectivity index (χ3n) is 6.54. The van der Waals surface area contributed by atoms with Crippen molar-refractivity contribution in [1.82, 2.24) is 5.32 Å². The Morgan fingerprint density at radius 3 is 2.66 bits per heavy atom. The molecule has 4 rings (SSSR count). The molecule has 29 heavy (non-hydrogen) atoms. The Balaban J connectivity index is 1.50. The molecule has 1 saturated carbocycles. The van der Waals surface area contributed by atoms with Crippen molar-refractivity contribution < 1.29 is 19.4 Å². The van der Waals surface area contributed by atoms with Gasteiger partial charge in [0.15, 0.2) is 0 Å². The van der Waals surface area contributed by atoms with Crippen LogP contribution in [-0.2, 0) is 9.53 Å². The minimum Gasteiger partial charge on any atom is -0.454 e. The quantitative estimate of drug-likeness (QED) is 0.691. The van der Waals surface area contributed by atoms with Crippen molar-refractivity contribution in [2.75, 3.05) is 13.2 Å². The van der Waals surface area contributed by atoms with E-state index in [0.29, 0.717) is 18.7 Å². The van der Waals surface area contributed by atoms with Crippen LogP contribution in [0.4, 0.5) is 0 Å². The number of ether oxygens (including phenoxy) is 2. The Bertz CT molecular complexity index is 846. The number of esters is 1. The lowest BCUT2D eigenvalue weighted by Gasteiger charge is -2.36. The number of rotatable bonds is 7. The Kier molecular flexibility index (Phi) is 6.07. The topological polar surface area (TPSA) is 67.8 Å². The summed E-state index contributed by atoms with van der Waals surface area (Å²) in [5.74, 6) is -0.0459. The number of cyclic esters (lactones) is 1. The van der Waals surface area contributed by atoms with Crippen molar-refractivity contribution in [1.29, 1.82) is 0 Å². The molecule has 1 heterocycles. The van der Waals surface area contributed by atoms with E-state index in [1.165, 1.54) is 19.3 Å². The van der Waals surface area contributed by atoms with Gasteiger partial charge in [-0.2, -0.15) is 0 Å². The molecule has 0 aromatic heterocycles. The first-order valence-corrected chi connectivity index (χ1v) is 10.8. The molecule has 5 nitrogen and oxygen atoms in total. The molecular weight excluding hydrogens is 366 g/mol. The molecule has 3 atom stereocenters. The van der Waals surface area contributed by atoms with Gasteiger partial charge in [-0.3, -0.25) is 4.79 Å². The van der Waals surface area contributed by atoms with Crippen LogP contribution in [0.2, 0.25) is 0 Å². The Hall–Kier alpha value is -2.11. The van der Waals surface area contributed by atoms with Gasteiger partial charge < -0.3 is 19.9 Å². The third kappa shape index (κ3) is 4.57. The van der Waals surface area contributed by atoms with Crippen LogP contribution in [0, 0.1) is 11.8 Å². The Labute approximate surface area is 172 Å². The normalized spacial score (nSPS) is 26.4. The lowest BCUT2D eigenvalue weighted by Crippen LogP contribution is -2.48. The zero-order valence-corrected chi connectivity index (χ0v) is 17.1. The molecule has 1 saturated heterocycles. The van der Waals surface area contributed by atoms with Gasteiger partial charge in [-0.1, -0.05) is 49.6 Å². The average molecular weight is 398 g/mol. The molecule has 5 heteroatoms. The van der Waals surface area contributed by atoms with Crippen LogP contribution >= 0.6 is 0 Å². The number of fused-ring (bicyclic) bond motifs is 1. The second-order valence-corrected chi connectivity index (χ2v) is 8.72. The van der Waals surface area contributed by atoms with Crippen LogP contribution in [0.5, 0.6) is 5.75 Å². The molecule has 0 unspecified atom stereocenters. The summed E-state index contributed by atoms with van der Waals surface area (Å²) >= 11 is 0. The zero-order chi connectivity index (χ0) is 20.3. The van der Waals surface area contributed by atoms with E-state index in [1.807, 2.05) is 36.4 Å². The molecule has 156 valence electrons. The van der Waals surface area contributed by atoms with Gasteiger partial charge in [0, 0.05) is 18.7 Å². The van der Waals surface area contributed by atoms with Crippen LogP contribution < -0.4 is 10.1 Å². The maximum absolute atomic E-state index is 12.5. The molecule has 0 spiro atoms. The van der Waals surface area contributed by atoms with E-state index in [9.17, 15) is 9.90 Å². The summed E-state index contributed by atoms with van der Waals surface area (Å²) in [4.78, 5) is 12.5. The summed E-state index contributed by atoms with van der Waals surface area (Å²) in [5.41, 5.74) is 0.0984. The average Bonchev–Trinajstić information content (AvgIpc) is 3.01. The van der Waals surface area contributed by atoms with Crippen molar-refractivity contribution in [3.05, 3.63) is 42.5 Å². The minimum absolute atomic E-state index is 0.0315. The summed E-state index contributed by atoms with van der Waals surface area (Å²) in [6, 6.07) is 14.0. The van der Waals surface area contributed by atoms with E-state index in [2.05, 4.69) is 18.3 Å². The first-order chi connectivity index (χ1) is 14.1. The standard InChI is InChI=1S/C24H31NO4/c1-24(12-5-2-6-13-24)25-16-21-20(11-14-26)22(27)29-23(21)28-19-10-9-17-7-3-4-8-18(17)15-19/h3-4,7-10,15,20-21,23,25-26H,2,5-6,11-14,16H2,1H3/t20-,21+,23+/m0/s1. The van der Waals surface area contributed by atoms with Gasteiger partial charge in [0.1, 0.15) is 5.75 Å². The van der Waals surface area contributed by atoms with Gasteiger partial charge in [0.05, 0.1) is 11.8 Å². The number of nitrogens with one attached hydrogen (secondary N) is 1. The fourth-order valence-corrected chi connectivity index (χ4v) is 4.72. The van der Waals surface area contributed by atoms with Crippen molar-refractivity contribution in [2.45, 2.75) is 57.3 Å². The largest absolute Gasteiger partial charge is 0.454 e. The van der Waals surface area contributed by atoms with E-state index in [1.54, 1.807) is 0 Å². The highest BCUT2D eigenvalue weighted by molar-refractivity contribution is 5.83. The molecule has 1 aliphatic heterocycles. The summed E-state index contributed by atoms with van der Waals surface area (Å²) < 4.78 is 11.8. The Morgan fingerprint density at radius 2 is 1.90 bits per heavy atom. The van der Waals surface area contributed by atoms with E-state index in [4.69, 9.17) is 9.47 Å². The Morgan fingerprint density at radius 1 is 1.14 bits per heavy atom. The molecule has 1 aliphatic carbocycles. The molecule has 0 radical (unpaired) electrons. The number of hydrogen-bond donors (Lipinski definition) is 2. The maximum Gasteiger partial charge on any atom is 0.312 e. The SMILES string of the molecule is CC1(NC[C@H]2[C@H](Oc3ccc4ccccc4c3)OC(=O)[C@H]2CCO)CCCCC1. The number of carbonyl (C=O) groups excluding carboxylic acids is 1. The van der Waals surface area contributed by atoms with Gasteiger partial charge in [0.2, 0.25) is 6.29 Å². The predicted molar refractivity (Wildman–Crippen MR) is 113 cm³/mol. The van der Waals surface area contributed by atoms with Gasteiger partial charge in [-0.05, 0) is 49.1 Å². The fourth-order valence-electron chi connectivity index (χ4n) is 4.72. The summed E-state index contributed by atoms with van der Waals surface area (Å²) in [7, 11) is 0. The number of aliphatic hydroxyl groups is 1. The van der Waals surface area contributed by atoms with Crippen LogP contribution in [0.1, 0.15) is 45.4 Å². The number of hydrogen-bond acceptors (Lipinski definition) is 5. The predicted octanol–water partition coefficient (Wildman–Crippen LogP) is 4.03. The molecule has 2 fully saturated rings. The van der Waals surface area contributed by atoms with E-state index in [-0.39, 0.29) is 30.0 Å². The van der Waals surface area contributed by atoms with Crippen molar-refractivity contribution in [2.24, 2.45) is 11.8 Å². The monoisotopic (exact) mass is 397 g/mol. The molecule has 2 N–H and O–H groups in total. The van der Waals surface area contributed by atoms with Gasteiger partial charge in [-0.25, -0.2) is 0 Å². The second kappa shape index (κ2) is 8.72. The fraction of sp³-hybridized carbons (Fsp3) is 0.542. The number of benzene rings is 2. The highest BCUT2D eigenvalue weighted by Gasteiger charge is 2.46. The van der Waals surface area contributed by atoms with Gasteiger partial charge in [-0.15, -0.1) is 0 Å². The highest BCUT2D eigenvalue weighted by atomic mass is 16.7. The van der Waals surface area contributed by atoms with Crippen LogP contribution in [-0.4, -0.2) is 36.1 Å². The summed E-state index contributed by atoms with van der Waals surface area (Å²) in [6.07, 6.45) is 5.83. The molecular formula is C24H31NO4. The summed E-state index contributed by atoms with van der Waals surface area (Å²) in [5, 5.41) is 15.4. The van der Waals surface area contributed by atoms with E-state index < -0.39 is 6.29 Å². The maximum atomic E-state index is 12.5. The van der Waals surface area contributed by atoms with Crippen molar-refractivity contribution in [3.63, 3.8) is 0 Å². The summed E-state index contributed by atoms with van der Waals surface area (Å²) in [6.45, 7) is 2.88. The zero-order valence-electron chi connectivity index (χ0n) is 17.1. The van der Waals surface area contributed by atoms with Crippen LogP contribution in [0.25, 0.3) is 10.8 Å². The minimum atomic E-state index is -0.639. The molecule has 0 bridgehead atoms. The first-order valence-electron chi connectivity index (χ1n) is 10.8. The molecule has 2 aliphatic rings. The lowest BCUT2D eigenvalue weighted by atomic mass is 9.82. The molecule has 2 aromatic carbocycles. The van der Waals surface area contributed by atoms with Crippen molar-refractivity contribution >= 4 is 16.7 Å². The first kappa shape index (κ1) is 20.2. The second-order valence-electron chi connectivity index (χ2n) is 8.72. The van der Waals surface area contributed by atoms with Crippen LogP contribution in [0.3, 0.4) is 0 Å². The molecule has 2 aromatic rings. The van der Waals surface area contributed by atoms with E-state index >= 15 is 0 Å². The molecule has 0 amide bonds. The smallest absolute Gasteiger partial charge is 0.312 e. The van der Waals surface area contributed by atoms with E-state index in [0.717, 1.165) is 23.6 Å². The number of aliphatic hydroxyl groups excluding tert-OH is 1. The van der Waals surface area contributed by atoms with Crippen molar-refractivity contribution in [3.8, 4) is 5.75 Å². The lowest BCUT2D eigenvalue weighted by molar-refractivity contribution is -0.154. The highest BCUT2D eigenvalue weighted by Crippen LogP contribution is 2.35. The third-order valence-corrected chi connectivity index (χ3v) is 6.54. The van der Waals surface area contributed by atoms with Gasteiger partial charge in [0.25, 0.3) is 0 Å².